The fourth-order valence-corrected chi connectivity index (χ4v) is 5.96. The van der Waals surface area contributed by atoms with Crippen LogP contribution in [-0.2, 0) is 0 Å². The number of nitrogens with one attached hydrogen (secondary N) is 1. The number of rotatable bonds is 7. The quantitative estimate of drug-likeness (QED) is 0.277. The Bertz CT molecular complexity index is 1390. The molecule has 1 N–H and O–H groups in total. The molecule has 5 rings (SSSR count). The standard InChI is InChI=1S/C31H35N5S/c1-6-34(7-2)24-14-16-25(17-15-24)35-22(4)20-27(23(35)5)30-29(28-13-8-9-18-32-28)33-31(37)36(30)26-12-10-11-21(3)19-26/h8-20,29-30H,6-7H2,1-5H3,(H,33,37)/t29-,30+/m1/s1. The van der Waals surface area contributed by atoms with Crippen molar-refractivity contribution in [2.75, 3.05) is 22.9 Å². The van der Waals surface area contributed by atoms with Crippen molar-refractivity contribution in [3.63, 3.8) is 0 Å². The molecule has 0 unspecified atom stereocenters. The van der Waals surface area contributed by atoms with Gasteiger partial charge in [-0.25, -0.2) is 0 Å². The van der Waals surface area contributed by atoms with Gasteiger partial charge < -0.3 is 19.7 Å². The average Bonchev–Trinajstić information content (AvgIpc) is 3.40. The van der Waals surface area contributed by atoms with E-state index < -0.39 is 0 Å². The SMILES string of the molecule is CCN(CC)c1ccc(-n2c(C)cc([C@H]3[C@@H](c4ccccn4)NC(=S)N3c3cccc(C)c3)c2C)cc1. The Morgan fingerprint density at radius 2 is 1.65 bits per heavy atom. The summed E-state index contributed by atoms with van der Waals surface area (Å²) in [7, 11) is 0. The van der Waals surface area contributed by atoms with Crippen molar-refractivity contribution in [2.24, 2.45) is 0 Å². The molecule has 2 aromatic heterocycles. The van der Waals surface area contributed by atoms with Crippen LogP contribution in [-0.4, -0.2) is 27.8 Å². The first-order valence-corrected chi connectivity index (χ1v) is 13.4. The molecule has 1 saturated heterocycles. The molecule has 1 aliphatic rings. The number of benzene rings is 2. The van der Waals surface area contributed by atoms with Gasteiger partial charge in [-0.15, -0.1) is 0 Å². The molecule has 190 valence electrons. The lowest BCUT2D eigenvalue weighted by Gasteiger charge is -2.28. The van der Waals surface area contributed by atoms with Crippen LogP contribution in [0.1, 0.15) is 54.1 Å². The number of hydrogen-bond acceptors (Lipinski definition) is 3. The summed E-state index contributed by atoms with van der Waals surface area (Å²) in [4.78, 5) is 9.34. The van der Waals surface area contributed by atoms with E-state index in [4.69, 9.17) is 17.2 Å². The molecular formula is C31H35N5S. The third-order valence-corrected chi connectivity index (χ3v) is 7.72. The van der Waals surface area contributed by atoms with E-state index in [0.29, 0.717) is 0 Å². The molecule has 1 aliphatic heterocycles. The molecule has 1 fully saturated rings. The number of pyridine rings is 1. The molecule has 5 nitrogen and oxygen atoms in total. The summed E-state index contributed by atoms with van der Waals surface area (Å²) >= 11 is 5.93. The van der Waals surface area contributed by atoms with Crippen molar-refractivity contribution in [1.82, 2.24) is 14.9 Å². The second-order valence-corrected chi connectivity index (χ2v) is 10.1. The second-order valence-electron chi connectivity index (χ2n) is 9.69. The third kappa shape index (κ3) is 4.62. The maximum Gasteiger partial charge on any atom is 0.174 e. The molecule has 37 heavy (non-hydrogen) atoms. The van der Waals surface area contributed by atoms with Gasteiger partial charge >= 0.3 is 0 Å². The number of aryl methyl sites for hydroxylation is 2. The van der Waals surface area contributed by atoms with Crippen molar-refractivity contribution >= 4 is 28.7 Å². The van der Waals surface area contributed by atoms with Crippen LogP contribution < -0.4 is 15.1 Å². The van der Waals surface area contributed by atoms with E-state index in [1.54, 1.807) is 0 Å². The highest BCUT2D eigenvalue weighted by Gasteiger charge is 2.42. The van der Waals surface area contributed by atoms with Crippen molar-refractivity contribution < 1.29 is 0 Å². The lowest BCUT2D eigenvalue weighted by Crippen LogP contribution is -2.29. The summed E-state index contributed by atoms with van der Waals surface area (Å²) in [5.74, 6) is 0. The summed E-state index contributed by atoms with van der Waals surface area (Å²) in [5.41, 5.74) is 9.36. The summed E-state index contributed by atoms with van der Waals surface area (Å²) in [6.07, 6.45) is 1.85. The molecule has 6 heteroatoms. The van der Waals surface area contributed by atoms with E-state index in [2.05, 4.69) is 115 Å². The van der Waals surface area contributed by atoms with Crippen LogP contribution in [0.3, 0.4) is 0 Å². The summed E-state index contributed by atoms with van der Waals surface area (Å²) in [6.45, 7) is 12.9. The fraction of sp³-hybridized carbons (Fsp3) is 0.290. The van der Waals surface area contributed by atoms with Crippen molar-refractivity contribution in [3.8, 4) is 5.69 Å². The van der Waals surface area contributed by atoms with E-state index in [1.165, 1.54) is 33.9 Å². The predicted molar refractivity (Wildman–Crippen MR) is 158 cm³/mol. The highest BCUT2D eigenvalue weighted by molar-refractivity contribution is 7.80. The van der Waals surface area contributed by atoms with Gasteiger partial charge in [0.1, 0.15) is 0 Å². The van der Waals surface area contributed by atoms with Crippen LogP contribution in [0.2, 0.25) is 0 Å². The Morgan fingerprint density at radius 3 is 2.30 bits per heavy atom. The van der Waals surface area contributed by atoms with Gasteiger partial charge in [0, 0.05) is 47.7 Å². The van der Waals surface area contributed by atoms with Crippen LogP contribution in [0.5, 0.6) is 0 Å². The van der Waals surface area contributed by atoms with Gasteiger partial charge in [-0.05, 0) is 113 Å². The zero-order valence-electron chi connectivity index (χ0n) is 22.3. The van der Waals surface area contributed by atoms with Gasteiger partial charge in [0.05, 0.1) is 17.8 Å². The zero-order valence-corrected chi connectivity index (χ0v) is 23.1. The van der Waals surface area contributed by atoms with Gasteiger partial charge in [-0.2, -0.15) is 0 Å². The Labute approximate surface area is 225 Å². The molecule has 4 aromatic rings. The molecule has 0 radical (unpaired) electrons. The number of thiocarbonyl (C=S) groups is 1. The smallest absolute Gasteiger partial charge is 0.174 e. The van der Waals surface area contributed by atoms with Crippen molar-refractivity contribution in [3.05, 3.63) is 107 Å². The molecule has 2 atom stereocenters. The normalized spacial score (nSPS) is 17.2. The number of aromatic nitrogens is 2. The Balaban J connectivity index is 1.61. The van der Waals surface area contributed by atoms with Crippen LogP contribution in [0.25, 0.3) is 5.69 Å². The van der Waals surface area contributed by atoms with Gasteiger partial charge in [-0.3, -0.25) is 4.98 Å². The van der Waals surface area contributed by atoms with Gasteiger partial charge in [0.25, 0.3) is 0 Å². The highest BCUT2D eigenvalue weighted by Crippen LogP contribution is 2.43. The van der Waals surface area contributed by atoms with Crippen LogP contribution >= 0.6 is 12.2 Å². The maximum atomic E-state index is 5.93. The van der Waals surface area contributed by atoms with Crippen molar-refractivity contribution in [2.45, 2.75) is 46.7 Å². The summed E-state index contributed by atoms with van der Waals surface area (Å²) in [5, 5.41) is 4.32. The van der Waals surface area contributed by atoms with Gasteiger partial charge in [-0.1, -0.05) is 18.2 Å². The van der Waals surface area contributed by atoms with E-state index in [0.717, 1.165) is 29.6 Å². The lowest BCUT2D eigenvalue weighted by atomic mass is 9.96. The molecule has 2 aromatic carbocycles. The first-order chi connectivity index (χ1) is 17.9. The lowest BCUT2D eigenvalue weighted by molar-refractivity contribution is 0.565. The predicted octanol–water partition coefficient (Wildman–Crippen LogP) is 6.82. The monoisotopic (exact) mass is 509 g/mol. The van der Waals surface area contributed by atoms with Crippen molar-refractivity contribution in [1.29, 1.82) is 0 Å². The first-order valence-electron chi connectivity index (χ1n) is 13.0. The Morgan fingerprint density at radius 1 is 0.892 bits per heavy atom. The van der Waals surface area contributed by atoms with Crippen LogP contribution in [0.15, 0.2) is 79.0 Å². The van der Waals surface area contributed by atoms with E-state index in [9.17, 15) is 0 Å². The minimum atomic E-state index is -0.0618. The molecule has 3 heterocycles. The van der Waals surface area contributed by atoms with Crippen LogP contribution in [0.4, 0.5) is 11.4 Å². The number of nitrogens with zero attached hydrogens (tertiary/aromatic N) is 4. The first kappa shape index (κ1) is 25.0. The number of anilines is 2. The minimum Gasteiger partial charge on any atom is -0.372 e. The Hall–Kier alpha value is -3.64. The fourth-order valence-electron chi connectivity index (χ4n) is 5.61. The summed E-state index contributed by atoms with van der Waals surface area (Å²) in [6, 6.07) is 25.8. The van der Waals surface area contributed by atoms with E-state index in [1.807, 2.05) is 18.3 Å². The average molecular weight is 510 g/mol. The molecule has 0 bridgehead atoms. The van der Waals surface area contributed by atoms with Crippen LogP contribution in [0, 0.1) is 20.8 Å². The third-order valence-electron chi connectivity index (χ3n) is 7.40. The number of hydrogen-bond donors (Lipinski definition) is 1. The maximum absolute atomic E-state index is 5.93. The van der Waals surface area contributed by atoms with E-state index in [-0.39, 0.29) is 12.1 Å². The molecule has 0 aliphatic carbocycles. The molecular weight excluding hydrogens is 474 g/mol. The molecule has 0 saturated carbocycles. The topological polar surface area (TPSA) is 36.3 Å². The highest BCUT2D eigenvalue weighted by atomic mass is 32.1. The van der Waals surface area contributed by atoms with Gasteiger partial charge in [0.15, 0.2) is 5.11 Å². The minimum absolute atomic E-state index is 0.0286. The second kappa shape index (κ2) is 10.4. The largest absolute Gasteiger partial charge is 0.372 e. The van der Waals surface area contributed by atoms with Gasteiger partial charge in [0.2, 0.25) is 0 Å². The zero-order chi connectivity index (χ0) is 26.1. The molecule has 0 amide bonds. The summed E-state index contributed by atoms with van der Waals surface area (Å²) < 4.78 is 2.35. The molecule has 0 spiro atoms. The van der Waals surface area contributed by atoms with E-state index >= 15 is 0 Å². The Kier molecular flexibility index (Phi) is 7.02.